The van der Waals surface area contributed by atoms with Crippen LogP contribution in [0.25, 0.3) is 0 Å². The van der Waals surface area contributed by atoms with E-state index in [4.69, 9.17) is 0 Å². The van der Waals surface area contributed by atoms with Gasteiger partial charge in [-0.3, -0.25) is 14.9 Å². The molecule has 0 aliphatic rings. The van der Waals surface area contributed by atoms with E-state index in [0.717, 1.165) is 22.6 Å². The van der Waals surface area contributed by atoms with Crippen LogP contribution < -0.4 is 10.6 Å². The fourth-order valence-corrected chi connectivity index (χ4v) is 2.49. The summed E-state index contributed by atoms with van der Waals surface area (Å²) in [5.74, 6) is -0.0995. The average Bonchev–Trinajstić information content (AvgIpc) is 2.95. The lowest BCUT2D eigenvalue weighted by atomic mass is 10.2. The Balaban J connectivity index is 1.94. The molecule has 6 nitrogen and oxygen atoms in total. The molecule has 1 aromatic carbocycles. The van der Waals surface area contributed by atoms with Gasteiger partial charge in [-0.1, -0.05) is 11.3 Å². The quantitative estimate of drug-likeness (QED) is 0.634. The van der Waals surface area contributed by atoms with E-state index in [1.807, 2.05) is 19.1 Å². The van der Waals surface area contributed by atoms with Gasteiger partial charge >= 0.3 is 5.00 Å². The molecule has 0 aliphatic carbocycles. The number of carbonyl (C=O) groups excluding carboxylic acids is 1. The predicted octanol–water partition coefficient (Wildman–Crippen LogP) is 3.02. The SMILES string of the molecule is CCNC(=O)c1ccc(NCc2csc([N+](=O)[O-])c2)cc1. The maximum atomic E-state index is 11.6. The molecule has 0 atom stereocenters. The molecule has 0 bridgehead atoms. The molecule has 2 aromatic rings. The number of carbonyl (C=O) groups is 1. The first-order valence-electron chi connectivity index (χ1n) is 6.44. The molecule has 2 rings (SSSR count). The van der Waals surface area contributed by atoms with Crippen LogP contribution in [0.2, 0.25) is 0 Å². The van der Waals surface area contributed by atoms with Crippen LogP contribution in [0.4, 0.5) is 10.7 Å². The summed E-state index contributed by atoms with van der Waals surface area (Å²) < 4.78 is 0. The highest BCUT2D eigenvalue weighted by molar-refractivity contribution is 7.13. The Labute approximate surface area is 126 Å². The van der Waals surface area contributed by atoms with Gasteiger partial charge < -0.3 is 10.6 Å². The van der Waals surface area contributed by atoms with E-state index in [2.05, 4.69) is 10.6 Å². The monoisotopic (exact) mass is 305 g/mol. The van der Waals surface area contributed by atoms with Crippen molar-refractivity contribution in [3.63, 3.8) is 0 Å². The summed E-state index contributed by atoms with van der Waals surface area (Å²) in [6, 6.07) is 8.66. The van der Waals surface area contributed by atoms with Gasteiger partial charge in [0.25, 0.3) is 5.91 Å². The van der Waals surface area contributed by atoms with Gasteiger partial charge in [0.2, 0.25) is 0 Å². The number of nitrogens with zero attached hydrogens (tertiary/aromatic N) is 1. The molecule has 0 unspecified atom stereocenters. The van der Waals surface area contributed by atoms with E-state index in [-0.39, 0.29) is 10.9 Å². The van der Waals surface area contributed by atoms with Crippen molar-refractivity contribution in [2.75, 3.05) is 11.9 Å². The summed E-state index contributed by atoms with van der Waals surface area (Å²) in [4.78, 5) is 21.8. The van der Waals surface area contributed by atoms with E-state index in [9.17, 15) is 14.9 Å². The zero-order valence-corrected chi connectivity index (χ0v) is 12.3. The van der Waals surface area contributed by atoms with E-state index in [0.29, 0.717) is 18.7 Å². The summed E-state index contributed by atoms with van der Waals surface area (Å²) in [7, 11) is 0. The van der Waals surface area contributed by atoms with Gasteiger partial charge in [-0.25, -0.2) is 0 Å². The molecule has 2 N–H and O–H groups in total. The minimum atomic E-state index is -0.394. The van der Waals surface area contributed by atoms with Crippen molar-refractivity contribution in [3.8, 4) is 0 Å². The number of hydrogen-bond donors (Lipinski definition) is 2. The van der Waals surface area contributed by atoms with Crippen LogP contribution in [-0.2, 0) is 6.54 Å². The van der Waals surface area contributed by atoms with Crippen LogP contribution in [0.1, 0.15) is 22.8 Å². The molecule has 0 saturated heterocycles. The van der Waals surface area contributed by atoms with Gasteiger partial charge in [0.15, 0.2) is 0 Å². The van der Waals surface area contributed by atoms with Crippen molar-refractivity contribution < 1.29 is 9.72 Å². The Morgan fingerprint density at radius 3 is 2.62 bits per heavy atom. The lowest BCUT2D eigenvalue weighted by Crippen LogP contribution is -2.22. The van der Waals surface area contributed by atoms with Crippen molar-refractivity contribution in [3.05, 3.63) is 57.0 Å². The molecular weight excluding hydrogens is 290 g/mol. The van der Waals surface area contributed by atoms with Crippen LogP contribution in [0.15, 0.2) is 35.7 Å². The van der Waals surface area contributed by atoms with Gasteiger partial charge in [-0.15, -0.1) is 0 Å². The van der Waals surface area contributed by atoms with E-state index in [1.165, 1.54) is 0 Å². The second kappa shape index (κ2) is 6.85. The number of nitro groups is 1. The molecule has 7 heteroatoms. The lowest BCUT2D eigenvalue weighted by molar-refractivity contribution is -0.380. The minimum absolute atomic E-state index is 0.0995. The fraction of sp³-hybridized carbons (Fsp3) is 0.214. The van der Waals surface area contributed by atoms with Gasteiger partial charge in [-0.2, -0.15) is 0 Å². The second-order valence-corrected chi connectivity index (χ2v) is 5.23. The Bertz CT molecular complexity index is 637. The third kappa shape index (κ3) is 4.03. The number of nitrogens with one attached hydrogen (secondary N) is 2. The fourth-order valence-electron chi connectivity index (χ4n) is 1.76. The molecule has 0 radical (unpaired) electrons. The zero-order valence-electron chi connectivity index (χ0n) is 11.5. The van der Waals surface area contributed by atoms with E-state index in [1.54, 1.807) is 23.6 Å². The normalized spacial score (nSPS) is 10.1. The Kier molecular flexibility index (Phi) is 4.89. The smallest absolute Gasteiger partial charge is 0.324 e. The van der Waals surface area contributed by atoms with Crippen molar-refractivity contribution in [2.24, 2.45) is 0 Å². The average molecular weight is 305 g/mol. The number of rotatable bonds is 6. The predicted molar refractivity (Wildman–Crippen MR) is 82.7 cm³/mol. The van der Waals surface area contributed by atoms with Crippen LogP contribution >= 0.6 is 11.3 Å². The summed E-state index contributed by atoms with van der Waals surface area (Å²) in [6.45, 7) is 2.97. The molecule has 21 heavy (non-hydrogen) atoms. The third-order valence-corrected chi connectivity index (χ3v) is 3.73. The minimum Gasteiger partial charge on any atom is -0.381 e. The highest BCUT2D eigenvalue weighted by Gasteiger charge is 2.09. The Morgan fingerprint density at radius 2 is 2.05 bits per heavy atom. The zero-order chi connectivity index (χ0) is 15.2. The first-order chi connectivity index (χ1) is 10.1. The Morgan fingerprint density at radius 1 is 1.33 bits per heavy atom. The number of thiophene rings is 1. The molecule has 110 valence electrons. The van der Waals surface area contributed by atoms with Crippen LogP contribution in [-0.4, -0.2) is 17.4 Å². The summed E-state index contributed by atoms with van der Waals surface area (Å²) in [5, 5.41) is 18.4. The Hall–Kier alpha value is -2.41. The van der Waals surface area contributed by atoms with Gasteiger partial charge in [0, 0.05) is 35.8 Å². The van der Waals surface area contributed by atoms with Crippen molar-refractivity contribution >= 4 is 27.9 Å². The van der Waals surface area contributed by atoms with Crippen LogP contribution in [0.3, 0.4) is 0 Å². The summed E-state index contributed by atoms with van der Waals surface area (Å²) >= 11 is 1.11. The van der Waals surface area contributed by atoms with Crippen molar-refractivity contribution in [1.29, 1.82) is 0 Å². The van der Waals surface area contributed by atoms with E-state index < -0.39 is 4.92 Å². The van der Waals surface area contributed by atoms with Gasteiger partial charge in [-0.05, 0) is 36.8 Å². The van der Waals surface area contributed by atoms with Crippen LogP contribution in [0, 0.1) is 10.1 Å². The maximum absolute atomic E-state index is 11.6. The van der Waals surface area contributed by atoms with E-state index >= 15 is 0 Å². The highest BCUT2D eigenvalue weighted by atomic mass is 32.1. The summed E-state index contributed by atoms with van der Waals surface area (Å²) in [6.07, 6.45) is 0. The molecule has 0 saturated carbocycles. The second-order valence-electron chi connectivity index (χ2n) is 4.34. The molecule has 0 aliphatic heterocycles. The molecular formula is C14H15N3O3S. The molecule has 1 aromatic heterocycles. The molecule has 1 amide bonds. The number of hydrogen-bond acceptors (Lipinski definition) is 5. The largest absolute Gasteiger partial charge is 0.381 e. The molecule has 0 fully saturated rings. The lowest BCUT2D eigenvalue weighted by Gasteiger charge is -2.06. The summed E-state index contributed by atoms with van der Waals surface area (Å²) in [5.41, 5.74) is 2.32. The van der Waals surface area contributed by atoms with Gasteiger partial charge in [0.1, 0.15) is 0 Å². The number of anilines is 1. The van der Waals surface area contributed by atoms with Gasteiger partial charge in [0.05, 0.1) is 4.92 Å². The van der Waals surface area contributed by atoms with Crippen LogP contribution in [0.5, 0.6) is 0 Å². The first-order valence-corrected chi connectivity index (χ1v) is 7.32. The molecule has 1 heterocycles. The van der Waals surface area contributed by atoms with Crippen molar-refractivity contribution in [1.82, 2.24) is 5.32 Å². The van der Waals surface area contributed by atoms with Crippen molar-refractivity contribution in [2.45, 2.75) is 13.5 Å². The number of amides is 1. The highest BCUT2D eigenvalue weighted by Crippen LogP contribution is 2.23. The standard InChI is InChI=1S/C14H15N3O3S/c1-2-15-14(18)11-3-5-12(6-4-11)16-8-10-7-13(17(19)20)21-9-10/h3-7,9,16H,2,8H2,1H3,(H,15,18). The first kappa shape index (κ1) is 15.0. The molecule has 0 spiro atoms. The third-order valence-electron chi connectivity index (χ3n) is 2.80. The topological polar surface area (TPSA) is 84.3 Å². The maximum Gasteiger partial charge on any atom is 0.324 e. The number of benzene rings is 1.